The SMILES string of the molecule is CS(=O)(=O)OC1=C(C(=O)OC(c2ccccc2)c2ccccc2)N2C(=O)[C@@H](NC(=O)Cc3cccs3)[C@@H]2SC1. The van der Waals surface area contributed by atoms with Gasteiger partial charge in [0.25, 0.3) is 5.91 Å². The Labute approximate surface area is 233 Å². The average Bonchev–Trinajstić information content (AvgIpc) is 3.43. The van der Waals surface area contributed by atoms with Crippen LogP contribution in [0.15, 0.2) is 89.6 Å². The number of carbonyl (C=O) groups excluding carboxylic acids is 3. The first-order valence-electron chi connectivity index (χ1n) is 11.9. The Morgan fingerprint density at radius 1 is 1.03 bits per heavy atom. The van der Waals surface area contributed by atoms with E-state index in [2.05, 4.69) is 5.32 Å². The van der Waals surface area contributed by atoms with Gasteiger partial charge in [-0.2, -0.15) is 8.42 Å². The summed E-state index contributed by atoms with van der Waals surface area (Å²) in [4.78, 5) is 41.5. The van der Waals surface area contributed by atoms with Crippen LogP contribution in [0.5, 0.6) is 0 Å². The Balaban J connectivity index is 1.42. The van der Waals surface area contributed by atoms with E-state index in [1.165, 1.54) is 23.1 Å². The number of benzene rings is 2. The van der Waals surface area contributed by atoms with Crippen molar-refractivity contribution in [1.82, 2.24) is 10.2 Å². The van der Waals surface area contributed by atoms with Crippen molar-refractivity contribution in [3.63, 3.8) is 0 Å². The molecular formula is C27H24N2O7S3. The zero-order valence-electron chi connectivity index (χ0n) is 20.7. The van der Waals surface area contributed by atoms with Crippen molar-refractivity contribution in [3.8, 4) is 0 Å². The average molecular weight is 585 g/mol. The fraction of sp³-hybridized carbons (Fsp3) is 0.222. The van der Waals surface area contributed by atoms with Crippen LogP contribution in [0.3, 0.4) is 0 Å². The van der Waals surface area contributed by atoms with Crippen LogP contribution in [0, 0.1) is 0 Å². The fourth-order valence-corrected chi connectivity index (χ4v) is 6.90. The molecule has 3 heterocycles. The molecule has 2 aliphatic rings. The molecule has 3 aromatic rings. The van der Waals surface area contributed by atoms with Crippen LogP contribution in [0.2, 0.25) is 0 Å². The van der Waals surface area contributed by atoms with Crippen LogP contribution in [0.25, 0.3) is 0 Å². The molecule has 1 fully saturated rings. The Bertz CT molecular complexity index is 1470. The predicted octanol–water partition coefficient (Wildman–Crippen LogP) is 3.21. The Morgan fingerprint density at radius 3 is 2.23 bits per heavy atom. The lowest BCUT2D eigenvalue weighted by Gasteiger charge is -2.49. The molecule has 0 spiro atoms. The van der Waals surface area contributed by atoms with E-state index < -0.39 is 39.5 Å². The molecule has 2 aromatic carbocycles. The first-order chi connectivity index (χ1) is 18.7. The van der Waals surface area contributed by atoms with Crippen LogP contribution >= 0.6 is 23.1 Å². The number of rotatable bonds is 9. The number of hydrogen-bond acceptors (Lipinski definition) is 9. The molecule has 202 valence electrons. The summed E-state index contributed by atoms with van der Waals surface area (Å²) in [5.41, 5.74) is 1.10. The maximum absolute atomic E-state index is 13.7. The predicted molar refractivity (Wildman–Crippen MR) is 147 cm³/mol. The lowest BCUT2D eigenvalue weighted by Crippen LogP contribution is -2.70. The van der Waals surface area contributed by atoms with Gasteiger partial charge in [-0.15, -0.1) is 23.1 Å². The zero-order valence-corrected chi connectivity index (χ0v) is 23.1. The minimum absolute atomic E-state index is 0.00934. The summed E-state index contributed by atoms with van der Waals surface area (Å²) in [7, 11) is -4.00. The van der Waals surface area contributed by atoms with Crippen molar-refractivity contribution in [1.29, 1.82) is 0 Å². The lowest BCUT2D eigenvalue weighted by molar-refractivity contribution is -0.155. The third kappa shape index (κ3) is 6.02. The van der Waals surface area contributed by atoms with E-state index in [9.17, 15) is 22.8 Å². The molecule has 0 saturated carbocycles. The molecule has 1 saturated heterocycles. The maximum atomic E-state index is 13.7. The summed E-state index contributed by atoms with van der Waals surface area (Å²) < 4.78 is 35.1. The number of β-lactam (4-membered cyclic amide) rings is 1. The van der Waals surface area contributed by atoms with Crippen molar-refractivity contribution >= 4 is 51.0 Å². The zero-order chi connectivity index (χ0) is 27.6. The number of nitrogens with one attached hydrogen (secondary N) is 1. The standard InChI is InChI=1S/C27H24N2O7S3/c1-39(33,34)36-20-16-38-26-22(28-21(30)15-19-13-8-14-37-19)25(31)29(26)23(20)27(32)35-24(17-9-4-2-5-10-17)18-11-6-3-7-12-18/h2-14,22,24,26H,15-16H2,1H3,(H,28,30)/t22-,26+/m1/s1. The van der Waals surface area contributed by atoms with Crippen molar-refractivity contribution in [2.75, 3.05) is 12.0 Å². The Hall–Kier alpha value is -3.61. The molecule has 2 atom stereocenters. The van der Waals surface area contributed by atoms with Gasteiger partial charge in [0.2, 0.25) is 5.91 Å². The second-order valence-electron chi connectivity index (χ2n) is 8.88. The van der Waals surface area contributed by atoms with Gasteiger partial charge >= 0.3 is 16.1 Å². The first kappa shape index (κ1) is 27.0. The van der Waals surface area contributed by atoms with Crippen LogP contribution in [-0.2, 0) is 39.8 Å². The van der Waals surface area contributed by atoms with Crippen LogP contribution in [0.4, 0.5) is 0 Å². The number of nitrogens with zero attached hydrogens (tertiary/aromatic N) is 1. The van der Waals surface area contributed by atoms with E-state index in [0.29, 0.717) is 11.1 Å². The van der Waals surface area contributed by atoms with Gasteiger partial charge in [-0.3, -0.25) is 14.5 Å². The van der Waals surface area contributed by atoms with Crippen LogP contribution in [0.1, 0.15) is 22.1 Å². The molecule has 2 aliphatic heterocycles. The summed E-state index contributed by atoms with van der Waals surface area (Å²) in [6.45, 7) is 0. The molecule has 0 bridgehead atoms. The van der Waals surface area contributed by atoms with Crippen LogP contribution in [-0.4, -0.2) is 54.5 Å². The topological polar surface area (TPSA) is 119 Å². The van der Waals surface area contributed by atoms with Crippen LogP contribution < -0.4 is 5.32 Å². The molecule has 0 aliphatic carbocycles. The van der Waals surface area contributed by atoms with Crippen molar-refractivity contribution < 1.29 is 31.7 Å². The van der Waals surface area contributed by atoms with Crippen molar-refractivity contribution in [2.24, 2.45) is 0 Å². The molecule has 12 heteroatoms. The van der Waals surface area contributed by atoms with E-state index >= 15 is 0 Å². The van der Waals surface area contributed by atoms with Gasteiger partial charge in [0, 0.05) is 4.88 Å². The Kier molecular flexibility index (Phi) is 7.78. The third-order valence-corrected chi connectivity index (χ3v) is 8.67. The highest BCUT2D eigenvalue weighted by Crippen LogP contribution is 2.42. The van der Waals surface area contributed by atoms with Gasteiger partial charge < -0.3 is 14.2 Å². The summed E-state index contributed by atoms with van der Waals surface area (Å²) >= 11 is 2.63. The number of thiophene rings is 1. The number of hydrogen-bond donors (Lipinski definition) is 1. The highest BCUT2D eigenvalue weighted by molar-refractivity contribution is 8.00. The molecule has 0 unspecified atom stereocenters. The highest BCUT2D eigenvalue weighted by atomic mass is 32.2. The molecule has 9 nitrogen and oxygen atoms in total. The van der Waals surface area contributed by atoms with Gasteiger partial charge in [-0.25, -0.2) is 4.79 Å². The quantitative estimate of drug-likeness (QED) is 0.231. The number of fused-ring (bicyclic) bond motifs is 1. The monoisotopic (exact) mass is 584 g/mol. The number of ether oxygens (including phenoxy) is 1. The maximum Gasteiger partial charge on any atom is 0.359 e. The first-order valence-corrected chi connectivity index (χ1v) is 15.7. The number of amides is 2. The molecule has 0 radical (unpaired) electrons. The molecule has 2 amide bonds. The fourth-order valence-electron chi connectivity index (χ4n) is 4.37. The van der Waals surface area contributed by atoms with Crippen molar-refractivity contribution in [3.05, 3.63) is 106 Å². The summed E-state index contributed by atoms with van der Waals surface area (Å²) in [6.07, 6.45) is 0.168. The van der Waals surface area contributed by atoms with Gasteiger partial charge in [-0.05, 0) is 22.6 Å². The second kappa shape index (κ2) is 11.2. The van der Waals surface area contributed by atoms with E-state index in [0.717, 1.165) is 16.0 Å². The van der Waals surface area contributed by atoms with E-state index in [1.54, 1.807) is 24.3 Å². The van der Waals surface area contributed by atoms with E-state index in [-0.39, 0.29) is 29.5 Å². The minimum atomic E-state index is -4.00. The summed E-state index contributed by atoms with van der Waals surface area (Å²) in [5, 5.41) is 3.98. The van der Waals surface area contributed by atoms with Gasteiger partial charge in [-0.1, -0.05) is 66.7 Å². The van der Waals surface area contributed by atoms with Crippen molar-refractivity contribution in [2.45, 2.75) is 23.9 Å². The molecular weight excluding hydrogens is 561 g/mol. The second-order valence-corrected chi connectivity index (χ2v) is 12.6. The third-order valence-electron chi connectivity index (χ3n) is 6.04. The minimum Gasteiger partial charge on any atom is -0.448 e. The van der Waals surface area contributed by atoms with E-state index in [4.69, 9.17) is 8.92 Å². The Morgan fingerprint density at radius 2 is 1.67 bits per heavy atom. The highest BCUT2D eigenvalue weighted by Gasteiger charge is 2.55. The largest absolute Gasteiger partial charge is 0.448 e. The van der Waals surface area contributed by atoms with E-state index in [1.807, 2.05) is 53.9 Å². The summed E-state index contributed by atoms with van der Waals surface area (Å²) in [5.74, 6) is -1.99. The number of thioether (sulfide) groups is 1. The molecule has 1 aromatic heterocycles. The number of carbonyl (C=O) groups is 3. The van der Waals surface area contributed by atoms with Gasteiger partial charge in [0.1, 0.15) is 11.4 Å². The molecule has 5 rings (SSSR count). The molecule has 39 heavy (non-hydrogen) atoms. The number of esters is 1. The van der Waals surface area contributed by atoms with Gasteiger partial charge in [0.05, 0.1) is 18.4 Å². The molecule has 1 N–H and O–H groups in total. The lowest BCUT2D eigenvalue weighted by atomic mass is 10.0. The smallest absolute Gasteiger partial charge is 0.359 e. The summed E-state index contributed by atoms with van der Waals surface area (Å²) in [6, 6.07) is 20.9. The normalized spacial score (nSPS) is 18.8. The van der Waals surface area contributed by atoms with Gasteiger partial charge in [0.15, 0.2) is 17.6 Å².